The maximum atomic E-state index is 12.2. The SMILES string of the molecule is O=C(NCc1ccc(Cl)cc1)C(=O)N/N=C/c1ccc(CNS(=O)(=O)c2ccccc2)o1. The summed E-state index contributed by atoms with van der Waals surface area (Å²) in [6, 6.07) is 17.9. The summed E-state index contributed by atoms with van der Waals surface area (Å²) in [6.45, 7) is 0.0953. The number of furan rings is 1. The lowest BCUT2D eigenvalue weighted by molar-refractivity contribution is -0.139. The van der Waals surface area contributed by atoms with Crippen molar-refractivity contribution in [3.63, 3.8) is 0 Å². The summed E-state index contributed by atoms with van der Waals surface area (Å²) < 4.78 is 32.3. The van der Waals surface area contributed by atoms with E-state index in [-0.39, 0.29) is 23.7 Å². The number of carbonyl (C=O) groups excluding carboxylic acids is 2. The first-order valence-electron chi connectivity index (χ1n) is 9.32. The Balaban J connectivity index is 1.45. The molecule has 0 aliphatic carbocycles. The predicted octanol–water partition coefficient (Wildman–Crippen LogP) is 2.18. The molecule has 0 bridgehead atoms. The summed E-state index contributed by atoms with van der Waals surface area (Å²) in [7, 11) is -3.67. The number of hydrogen-bond acceptors (Lipinski definition) is 6. The molecule has 166 valence electrons. The maximum absolute atomic E-state index is 12.2. The normalized spacial score (nSPS) is 11.4. The predicted molar refractivity (Wildman–Crippen MR) is 118 cm³/mol. The van der Waals surface area contributed by atoms with Gasteiger partial charge in [-0.3, -0.25) is 9.59 Å². The zero-order valence-corrected chi connectivity index (χ0v) is 18.2. The average Bonchev–Trinajstić information content (AvgIpc) is 3.25. The third-order valence-electron chi connectivity index (χ3n) is 4.10. The summed E-state index contributed by atoms with van der Waals surface area (Å²) in [6.07, 6.45) is 1.19. The second-order valence-corrected chi connectivity index (χ2v) is 8.65. The number of sulfonamides is 1. The van der Waals surface area contributed by atoms with Gasteiger partial charge in [0.15, 0.2) is 0 Å². The largest absolute Gasteiger partial charge is 0.459 e. The van der Waals surface area contributed by atoms with Crippen molar-refractivity contribution in [2.45, 2.75) is 18.0 Å². The number of nitrogens with zero attached hydrogens (tertiary/aromatic N) is 1. The lowest BCUT2D eigenvalue weighted by atomic mass is 10.2. The summed E-state index contributed by atoms with van der Waals surface area (Å²) in [5.41, 5.74) is 2.87. The quantitative estimate of drug-likeness (QED) is 0.262. The van der Waals surface area contributed by atoms with E-state index in [0.717, 1.165) is 5.56 Å². The van der Waals surface area contributed by atoms with Crippen molar-refractivity contribution < 1.29 is 22.4 Å². The molecule has 11 heteroatoms. The highest BCUT2D eigenvalue weighted by Crippen LogP contribution is 2.11. The Morgan fingerprint density at radius 3 is 2.38 bits per heavy atom. The van der Waals surface area contributed by atoms with Gasteiger partial charge in [0, 0.05) is 11.6 Å². The van der Waals surface area contributed by atoms with Crippen LogP contribution >= 0.6 is 11.6 Å². The van der Waals surface area contributed by atoms with Crippen molar-refractivity contribution in [2.24, 2.45) is 5.10 Å². The van der Waals surface area contributed by atoms with Gasteiger partial charge in [0.1, 0.15) is 11.5 Å². The molecule has 0 fully saturated rings. The Kier molecular flexibility index (Phi) is 7.77. The molecule has 2 aromatic carbocycles. The highest BCUT2D eigenvalue weighted by molar-refractivity contribution is 7.89. The average molecular weight is 475 g/mol. The first-order chi connectivity index (χ1) is 15.3. The monoisotopic (exact) mass is 474 g/mol. The Hall–Kier alpha value is -3.47. The lowest BCUT2D eigenvalue weighted by Crippen LogP contribution is -2.37. The minimum absolute atomic E-state index is 0.0649. The van der Waals surface area contributed by atoms with E-state index < -0.39 is 21.8 Å². The Labute approximate surface area is 189 Å². The molecule has 0 atom stereocenters. The van der Waals surface area contributed by atoms with Gasteiger partial charge in [-0.05, 0) is 42.0 Å². The van der Waals surface area contributed by atoms with E-state index >= 15 is 0 Å². The molecular weight excluding hydrogens is 456 g/mol. The van der Waals surface area contributed by atoms with E-state index in [9.17, 15) is 18.0 Å². The second kappa shape index (κ2) is 10.7. The van der Waals surface area contributed by atoms with E-state index in [1.54, 1.807) is 54.6 Å². The van der Waals surface area contributed by atoms with Crippen LogP contribution in [0.2, 0.25) is 5.02 Å². The molecule has 9 nitrogen and oxygen atoms in total. The highest BCUT2D eigenvalue weighted by atomic mass is 35.5. The molecular formula is C21H19ClN4O5S. The number of rotatable bonds is 8. The fourth-order valence-corrected chi connectivity index (χ4v) is 3.62. The summed E-state index contributed by atoms with van der Waals surface area (Å²) >= 11 is 5.79. The van der Waals surface area contributed by atoms with Crippen LogP contribution in [0.15, 0.2) is 81.1 Å². The molecule has 0 saturated carbocycles. The molecule has 3 aromatic rings. The Morgan fingerprint density at radius 2 is 1.66 bits per heavy atom. The van der Waals surface area contributed by atoms with Gasteiger partial charge in [0.2, 0.25) is 10.0 Å². The molecule has 0 unspecified atom stereocenters. The van der Waals surface area contributed by atoms with Crippen molar-refractivity contribution in [1.29, 1.82) is 0 Å². The van der Waals surface area contributed by atoms with E-state index in [1.807, 2.05) is 0 Å². The number of amides is 2. The van der Waals surface area contributed by atoms with Gasteiger partial charge in [-0.2, -0.15) is 5.10 Å². The molecule has 0 radical (unpaired) electrons. The first-order valence-corrected chi connectivity index (χ1v) is 11.2. The molecule has 0 aliphatic rings. The number of carbonyl (C=O) groups is 2. The van der Waals surface area contributed by atoms with Crippen LogP contribution in [0.1, 0.15) is 17.1 Å². The van der Waals surface area contributed by atoms with Gasteiger partial charge >= 0.3 is 11.8 Å². The lowest BCUT2D eigenvalue weighted by Gasteiger charge is -2.04. The second-order valence-electron chi connectivity index (χ2n) is 6.45. The van der Waals surface area contributed by atoms with Crippen LogP contribution in [0.4, 0.5) is 0 Å². The zero-order chi connectivity index (χ0) is 23.0. The van der Waals surface area contributed by atoms with Gasteiger partial charge in [-0.25, -0.2) is 18.6 Å². The molecule has 0 aliphatic heterocycles. The van der Waals surface area contributed by atoms with E-state index in [4.69, 9.17) is 16.0 Å². The molecule has 3 N–H and O–H groups in total. The number of benzene rings is 2. The van der Waals surface area contributed by atoms with Crippen LogP contribution in [-0.4, -0.2) is 26.4 Å². The third kappa shape index (κ3) is 6.77. The number of hydrogen-bond donors (Lipinski definition) is 3. The van der Waals surface area contributed by atoms with Crippen LogP contribution in [-0.2, 0) is 32.7 Å². The van der Waals surface area contributed by atoms with Crippen LogP contribution in [0.3, 0.4) is 0 Å². The summed E-state index contributed by atoms with van der Waals surface area (Å²) in [5.74, 6) is -1.19. The molecule has 0 saturated heterocycles. The third-order valence-corrected chi connectivity index (χ3v) is 5.77. The molecule has 32 heavy (non-hydrogen) atoms. The van der Waals surface area contributed by atoms with Gasteiger partial charge < -0.3 is 9.73 Å². The Bertz CT molecular complexity index is 1210. The van der Waals surface area contributed by atoms with Crippen molar-refractivity contribution in [3.05, 3.63) is 88.8 Å². The van der Waals surface area contributed by atoms with E-state index in [1.165, 1.54) is 18.3 Å². The summed E-state index contributed by atoms with van der Waals surface area (Å²) in [4.78, 5) is 23.8. The fraction of sp³-hybridized carbons (Fsp3) is 0.0952. The number of hydrazone groups is 1. The van der Waals surface area contributed by atoms with Crippen molar-refractivity contribution in [1.82, 2.24) is 15.5 Å². The highest BCUT2D eigenvalue weighted by Gasteiger charge is 2.14. The first kappa shape index (κ1) is 23.2. The van der Waals surface area contributed by atoms with E-state index in [0.29, 0.717) is 10.8 Å². The van der Waals surface area contributed by atoms with Crippen LogP contribution in [0, 0.1) is 0 Å². The van der Waals surface area contributed by atoms with Gasteiger partial charge in [-0.1, -0.05) is 41.9 Å². The van der Waals surface area contributed by atoms with Gasteiger partial charge in [0.05, 0.1) is 17.7 Å². The maximum Gasteiger partial charge on any atom is 0.329 e. The molecule has 2 amide bonds. The van der Waals surface area contributed by atoms with Crippen LogP contribution in [0.25, 0.3) is 0 Å². The fourth-order valence-electron chi connectivity index (χ4n) is 2.48. The van der Waals surface area contributed by atoms with Gasteiger partial charge in [-0.15, -0.1) is 0 Å². The topological polar surface area (TPSA) is 130 Å². The van der Waals surface area contributed by atoms with Crippen molar-refractivity contribution in [2.75, 3.05) is 0 Å². The zero-order valence-electron chi connectivity index (χ0n) is 16.6. The summed E-state index contributed by atoms with van der Waals surface area (Å²) in [5, 5.41) is 6.69. The van der Waals surface area contributed by atoms with Crippen LogP contribution < -0.4 is 15.5 Å². The molecule has 1 aromatic heterocycles. The van der Waals surface area contributed by atoms with E-state index in [2.05, 4.69) is 20.6 Å². The van der Waals surface area contributed by atoms with Gasteiger partial charge in [0.25, 0.3) is 0 Å². The van der Waals surface area contributed by atoms with Crippen molar-refractivity contribution in [3.8, 4) is 0 Å². The molecule has 3 rings (SSSR count). The smallest absolute Gasteiger partial charge is 0.329 e. The molecule has 0 spiro atoms. The standard InChI is InChI=1S/C21H19ClN4O5S/c22-16-8-6-15(7-9-16)12-23-20(27)21(28)26-24-13-17-10-11-18(31-17)14-25-32(29,30)19-4-2-1-3-5-19/h1-11,13,25H,12,14H2,(H,23,27)(H,26,28)/b24-13+. The van der Waals surface area contributed by atoms with Crippen LogP contribution in [0.5, 0.6) is 0 Å². The Morgan fingerprint density at radius 1 is 0.938 bits per heavy atom. The van der Waals surface area contributed by atoms with Crippen molar-refractivity contribution >= 4 is 39.7 Å². The number of nitrogens with one attached hydrogen (secondary N) is 3. The minimum atomic E-state index is -3.67. The molecule has 1 heterocycles. The minimum Gasteiger partial charge on any atom is -0.459 e. The number of halogens is 1.